The molecule has 12 heavy (non-hydrogen) atoms. The third-order valence-corrected chi connectivity index (χ3v) is 2.66. The van der Waals surface area contributed by atoms with E-state index in [1.54, 1.807) is 27.7 Å². The average Bonchev–Trinajstić information content (AvgIpc) is 1.54. The van der Waals surface area contributed by atoms with Gasteiger partial charge in [-0.05, 0) is 27.7 Å². The van der Waals surface area contributed by atoms with Gasteiger partial charge in [0.1, 0.15) is 0 Å². The Morgan fingerprint density at radius 3 is 1.33 bits per heavy atom. The first-order valence-electron chi connectivity index (χ1n) is 3.52. The van der Waals surface area contributed by atoms with E-state index in [1.165, 1.54) is 0 Å². The van der Waals surface area contributed by atoms with Gasteiger partial charge in [-0.15, -0.1) is 12.4 Å². The summed E-state index contributed by atoms with van der Waals surface area (Å²) in [4.78, 5) is 0. The van der Waals surface area contributed by atoms with Crippen LogP contribution in [0.4, 0.5) is 0 Å². The molecule has 0 aliphatic rings. The molecule has 0 fully saturated rings. The Kier molecular flexibility index (Phi) is 6.13. The lowest BCUT2D eigenvalue weighted by molar-refractivity contribution is 0.269. The quantitative estimate of drug-likeness (QED) is 0.726. The van der Waals surface area contributed by atoms with Crippen molar-refractivity contribution in [1.29, 1.82) is 0 Å². The molecule has 0 bridgehead atoms. The van der Waals surface area contributed by atoms with Gasteiger partial charge in [-0.3, -0.25) is 4.55 Å². The van der Waals surface area contributed by atoms with E-state index in [1.807, 2.05) is 0 Å². The fourth-order valence-electron chi connectivity index (χ4n) is 1.13. The topological polar surface area (TPSA) is 57.6 Å². The summed E-state index contributed by atoms with van der Waals surface area (Å²) in [7, 11) is -4.03. The van der Waals surface area contributed by atoms with Gasteiger partial charge < -0.3 is 0 Å². The first-order chi connectivity index (χ1) is 4.76. The molecule has 0 saturated heterocycles. The molecule has 0 aromatic heterocycles. The predicted octanol–water partition coefficient (Wildman–Crippen LogP) is 1.33. The maximum absolute atomic E-state index is 10.7. The molecule has 1 N–H and O–H groups in total. The molecule has 0 saturated carbocycles. The summed E-state index contributed by atoms with van der Waals surface area (Å²) < 4.78 is 31.2. The second-order valence-electron chi connectivity index (χ2n) is 3.00. The van der Waals surface area contributed by atoms with Crippen LogP contribution >= 0.6 is 12.4 Å². The van der Waals surface area contributed by atoms with Crippen molar-refractivity contribution in [3.63, 3.8) is 0 Å². The molecule has 76 valence electrons. The molecule has 0 spiro atoms. The monoisotopic (exact) mass is 217 g/mol. The van der Waals surface area contributed by atoms with Crippen molar-refractivity contribution >= 4 is 22.7 Å². The zero-order chi connectivity index (χ0) is 9.23. The van der Waals surface area contributed by atoms with Crippen LogP contribution in [0.15, 0.2) is 0 Å². The Labute approximate surface area is 80.2 Å². The van der Waals surface area contributed by atoms with Crippen molar-refractivity contribution in [2.24, 2.45) is 0 Å². The Bertz CT molecular complexity index is 205. The lowest BCUT2D eigenvalue weighted by Gasteiger charge is -2.25. The molecule has 0 aromatic rings. The van der Waals surface area contributed by atoms with Gasteiger partial charge in [0.05, 0.1) is 0 Å². The van der Waals surface area contributed by atoms with Crippen molar-refractivity contribution < 1.29 is 13.0 Å². The summed E-state index contributed by atoms with van der Waals surface area (Å²) in [5.41, 5.74) is 0. The van der Waals surface area contributed by atoms with Gasteiger partial charge in [-0.25, -0.2) is 0 Å². The van der Waals surface area contributed by atoms with Crippen molar-refractivity contribution in [3.05, 3.63) is 0 Å². The van der Waals surface area contributed by atoms with E-state index in [2.05, 4.69) is 0 Å². The molecule has 0 amide bonds. The molecule has 6 heteroatoms. The maximum Gasteiger partial charge on any atom is 0.336 e. The summed E-state index contributed by atoms with van der Waals surface area (Å²) in [5, 5.41) is 0. The smallest absolute Gasteiger partial charge is 0.273 e. The summed E-state index contributed by atoms with van der Waals surface area (Å²) in [6, 6.07) is -0.407. The van der Waals surface area contributed by atoms with E-state index < -0.39 is 10.3 Å². The number of halogens is 1. The number of hydrogen-bond acceptors (Lipinski definition) is 2. The molecule has 0 atom stereocenters. The molecule has 0 aromatic carbocycles. The van der Waals surface area contributed by atoms with Crippen LogP contribution in [0.25, 0.3) is 0 Å². The molecule has 0 unspecified atom stereocenters. The number of hydrogen-bond donors (Lipinski definition) is 1. The van der Waals surface area contributed by atoms with E-state index in [9.17, 15) is 8.42 Å². The van der Waals surface area contributed by atoms with Crippen LogP contribution in [0.3, 0.4) is 0 Å². The molecule has 0 aliphatic carbocycles. The van der Waals surface area contributed by atoms with Crippen molar-refractivity contribution in [2.45, 2.75) is 39.8 Å². The van der Waals surface area contributed by atoms with E-state index in [0.29, 0.717) is 0 Å². The largest absolute Gasteiger partial charge is 0.336 e. The minimum atomic E-state index is -4.03. The van der Waals surface area contributed by atoms with Crippen molar-refractivity contribution in [1.82, 2.24) is 4.31 Å². The summed E-state index contributed by atoms with van der Waals surface area (Å²) in [6.45, 7) is 6.86. The van der Waals surface area contributed by atoms with Gasteiger partial charge in [-0.1, -0.05) is 0 Å². The minimum Gasteiger partial charge on any atom is -0.273 e. The predicted molar refractivity (Wildman–Crippen MR) is 50.9 cm³/mol. The molecule has 0 rings (SSSR count). The lowest BCUT2D eigenvalue weighted by Crippen LogP contribution is -2.41. The second kappa shape index (κ2) is 5.01. The van der Waals surface area contributed by atoms with Crippen LogP contribution in [0.2, 0.25) is 0 Å². The van der Waals surface area contributed by atoms with Gasteiger partial charge in [0.15, 0.2) is 0 Å². The highest BCUT2D eigenvalue weighted by molar-refractivity contribution is 7.83. The molecular weight excluding hydrogens is 202 g/mol. The Morgan fingerprint density at radius 1 is 1.08 bits per heavy atom. The van der Waals surface area contributed by atoms with E-state index in [-0.39, 0.29) is 24.5 Å². The van der Waals surface area contributed by atoms with Crippen LogP contribution < -0.4 is 0 Å². The number of rotatable bonds is 3. The van der Waals surface area contributed by atoms with Crippen molar-refractivity contribution in [3.8, 4) is 0 Å². The van der Waals surface area contributed by atoms with Gasteiger partial charge in [-0.2, -0.15) is 12.7 Å². The normalized spacial score (nSPS) is 12.3. The third-order valence-electron chi connectivity index (χ3n) is 1.28. The highest BCUT2D eigenvalue weighted by Crippen LogP contribution is 2.09. The Hall–Kier alpha value is 0.160. The zero-order valence-corrected chi connectivity index (χ0v) is 9.32. The first-order valence-corrected chi connectivity index (χ1v) is 4.92. The van der Waals surface area contributed by atoms with Crippen LogP contribution in [-0.2, 0) is 10.3 Å². The Balaban J connectivity index is 0. The van der Waals surface area contributed by atoms with Gasteiger partial charge in [0.25, 0.3) is 0 Å². The van der Waals surface area contributed by atoms with Gasteiger partial charge in [0, 0.05) is 12.1 Å². The van der Waals surface area contributed by atoms with Crippen LogP contribution in [0.1, 0.15) is 27.7 Å². The molecule has 0 radical (unpaired) electrons. The average molecular weight is 218 g/mol. The SMILES string of the molecule is CC(C)N(C(C)C)S(=O)(=O)O.Cl. The summed E-state index contributed by atoms with van der Waals surface area (Å²) >= 11 is 0. The van der Waals surface area contributed by atoms with Crippen LogP contribution in [0, 0.1) is 0 Å². The highest BCUT2D eigenvalue weighted by atomic mass is 35.5. The van der Waals surface area contributed by atoms with E-state index >= 15 is 0 Å². The summed E-state index contributed by atoms with van der Waals surface area (Å²) in [5.74, 6) is 0. The zero-order valence-electron chi connectivity index (χ0n) is 7.68. The molecule has 0 aliphatic heterocycles. The van der Waals surface area contributed by atoms with E-state index in [0.717, 1.165) is 4.31 Å². The third kappa shape index (κ3) is 4.25. The highest BCUT2D eigenvalue weighted by Gasteiger charge is 2.24. The van der Waals surface area contributed by atoms with Crippen LogP contribution in [0.5, 0.6) is 0 Å². The fourth-order valence-corrected chi connectivity index (χ4v) is 2.19. The lowest BCUT2D eigenvalue weighted by atomic mass is 10.3. The minimum absolute atomic E-state index is 0. The van der Waals surface area contributed by atoms with E-state index in [4.69, 9.17) is 4.55 Å². The maximum atomic E-state index is 10.7. The van der Waals surface area contributed by atoms with Gasteiger partial charge in [0.2, 0.25) is 0 Å². The standard InChI is InChI=1S/C6H15NO3S.ClH/c1-5(2)7(6(3)4)11(8,9)10;/h5-6H,1-4H3,(H,8,9,10);1H. The molecular formula is C6H16ClNO3S. The van der Waals surface area contributed by atoms with Gasteiger partial charge >= 0.3 is 10.3 Å². The second-order valence-corrected chi connectivity index (χ2v) is 4.31. The fraction of sp³-hybridized carbons (Fsp3) is 1.00. The number of nitrogens with zero attached hydrogens (tertiary/aromatic N) is 1. The van der Waals surface area contributed by atoms with Crippen LogP contribution in [-0.4, -0.2) is 29.4 Å². The molecule has 0 heterocycles. The Morgan fingerprint density at radius 2 is 1.33 bits per heavy atom. The van der Waals surface area contributed by atoms with Crippen molar-refractivity contribution in [2.75, 3.05) is 0 Å². The molecule has 4 nitrogen and oxygen atoms in total. The summed E-state index contributed by atoms with van der Waals surface area (Å²) in [6.07, 6.45) is 0. The first kappa shape index (κ1) is 14.7.